The van der Waals surface area contributed by atoms with Crippen molar-refractivity contribution in [3.63, 3.8) is 0 Å². The number of carbonyl (C=O) groups is 2. The predicted octanol–water partition coefficient (Wildman–Crippen LogP) is 5.12. The van der Waals surface area contributed by atoms with Gasteiger partial charge in [0.15, 0.2) is 0 Å². The van der Waals surface area contributed by atoms with Crippen molar-refractivity contribution >= 4 is 34.1 Å². The largest absolute Gasteiger partial charge is 0.444 e. The minimum atomic E-state index is -0.583. The summed E-state index contributed by atoms with van der Waals surface area (Å²) >= 11 is 0. The highest BCUT2D eigenvalue weighted by molar-refractivity contribution is 5.96. The lowest BCUT2D eigenvalue weighted by atomic mass is 10.0. The van der Waals surface area contributed by atoms with Crippen LogP contribution in [0.5, 0.6) is 0 Å². The molecule has 0 aliphatic heterocycles. The van der Waals surface area contributed by atoms with Gasteiger partial charge in [-0.25, -0.2) is 9.89 Å². The topological polar surface area (TPSA) is 113 Å². The third kappa shape index (κ3) is 6.11. The average molecular weight is 471 g/mol. The first-order valence-electron chi connectivity index (χ1n) is 11.1. The molecule has 0 saturated carbocycles. The van der Waals surface area contributed by atoms with E-state index >= 15 is 0 Å². The molecule has 0 atom stereocenters. The molecule has 0 spiro atoms. The van der Waals surface area contributed by atoms with Crippen molar-refractivity contribution in [1.82, 2.24) is 10.2 Å². The number of nitrogens with zero attached hydrogens (tertiary/aromatic N) is 1. The van der Waals surface area contributed by atoms with Gasteiger partial charge in [-0.2, -0.15) is 5.10 Å². The van der Waals surface area contributed by atoms with Gasteiger partial charge in [0.05, 0.1) is 17.5 Å². The van der Waals surface area contributed by atoms with E-state index in [1.165, 1.54) is 0 Å². The fraction of sp³-hybridized carbons (Fsp3) is 0.185. The fourth-order valence-corrected chi connectivity index (χ4v) is 3.60. The molecule has 3 N–H and O–H groups in total. The van der Waals surface area contributed by atoms with E-state index in [0.29, 0.717) is 22.5 Å². The summed E-state index contributed by atoms with van der Waals surface area (Å²) in [5.74, 6) is -0.186. The van der Waals surface area contributed by atoms with Crippen LogP contribution in [-0.2, 0) is 16.0 Å². The second kappa shape index (κ2) is 9.80. The van der Waals surface area contributed by atoms with Crippen molar-refractivity contribution < 1.29 is 14.3 Å². The van der Waals surface area contributed by atoms with E-state index in [0.717, 1.165) is 16.5 Å². The Morgan fingerprint density at radius 1 is 0.886 bits per heavy atom. The van der Waals surface area contributed by atoms with E-state index in [-0.39, 0.29) is 17.9 Å². The maximum absolute atomic E-state index is 12.6. The third-order valence-corrected chi connectivity index (χ3v) is 5.08. The first-order valence-corrected chi connectivity index (χ1v) is 11.1. The Hall–Kier alpha value is -4.46. The number of nitrogens with one attached hydrogen (secondary N) is 3. The quantitative estimate of drug-likeness (QED) is 0.375. The molecule has 2 amide bonds. The molecule has 0 aliphatic rings. The smallest absolute Gasteiger partial charge is 0.412 e. The summed E-state index contributed by atoms with van der Waals surface area (Å²) in [4.78, 5) is 36.6. The number of hydrogen-bond acceptors (Lipinski definition) is 5. The summed E-state index contributed by atoms with van der Waals surface area (Å²) in [6.45, 7) is 5.38. The molecule has 0 fully saturated rings. The number of ether oxygens (including phenoxy) is 1. The van der Waals surface area contributed by atoms with Gasteiger partial charge in [0.1, 0.15) is 5.60 Å². The highest BCUT2D eigenvalue weighted by Gasteiger charge is 2.16. The molecule has 8 nitrogen and oxygen atoms in total. The zero-order valence-electron chi connectivity index (χ0n) is 19.7. The van der Waals surface area contributed by atoms with Crippen LogP contribution in [0.3, 0.4) is 0 Å². The van der Waals surface area contributed by atoms with Gasteiger partial charge < -0.3 is 10.1 Å². The number of amides is 2. The van der Waals surface area contributed by atoms with Crippen LogP contribution < -0.4 is 16.2 Å². The molecule has 0 aliphatic carbocycles. The average Bonchev–Trinajstić information content (AvgIpc) is 2.80. The molecule has 178 valence electrons. The van der Waals surface area contributed by atoms with Crippen LogP contribution in [0.1, 0.15) is 26.3 Å². The summed E-state index contributed by atoms with van der Waals surface area (Å²) in [6, 6.07) is 21.6. The Labute approximate surface area is 202 Å². The monoisotopic (exact) mass is 470 g/mol. The number of fused-ring (bicyclic) bond motifs is 1. The van der Waals surface area contributed by atoms with Crippen molar-refractivity contribution in [3.05, 3.63) is 88.7 Å². The maximum Gasteiger partial charge on any atom is 0.412 e. The summed E-state index contributed by atoms with van der Waals surface area (Å²) in [5, 5.41) is 13.6. The Balaban J connectivity index is 1.43. The molecular weight excluding hydrogens is 444 g/mol. The standard InChI is InChI=1S/C27H26N4O4/c1-27(2,3)35-26(34)29-19-13-11-17(12-14-19)15-23(32)28-20-8-6-7-18(16-20)24-21-9-4-5-10-22(21)25(33)31-30-24/h4-14,16H,15H2,1-3H3,(H,28,32)(H,29,34)(H,31,33). The Bertz CT molecular complexity index is 1440. The van der Waals surface area contributed by atoms with E-state index in [2.05, 4.69) is 20.8 Å². The van der Waals surface area contributed by atoms with Gasteiger partial charge in [-0.15, -0.1) is 0 Å². The molecule has 1 heterocycles. The molecule has 8 heteroatoms. The Kier molecular flexibility index (Phi) is 6.64. The minimum Gasteiger partial charge on any atom is -0.444 e. The summed E-state index contributed by atoms with van der Waals surface area (Å²) in [7, 11) is 0. The van der Waals surface area contributed by atoms with Crippen molar-refractivity contribution in [2.45, 2.75) is 32.8 Å². The molecule has 4 aromatic rings. The van der Waals surface area contributed by atoms with Gasteiger partial charge in [-0.05, 0) is 56.7 Å². The van der Waals surface area contributed by atoms with Crippen LogP contribution in [0, 0.1) is 0 Å². The van der Waals surface area contributed by atoms with Gasteiger partial charge in [0.2, 0.25) is 5.91 Å². The van der Waals surface area contributed by atoms with Gasteiger partial charge in [-0.3, -0.25) is 14.9 Å². The van der Waals surface area contributed by atoms with E-state index in [4.69, 9.17) is 4.74 Å². The summed E-state index contributed by atoms with van der Waals surface area (Å²) < 4.78 is 5.24. The number of rotatable bonds is 5. The number of carbonyl (C=O) groups excluding carboxylic acids is 2. The lowest BCUT2D eigenvalue weighted by Crippen LogP contribution is -2.27. The fourth-order valence-electron chi connectivity index (χ4n) is 3.60. The number of H-pyrrole nitrogens is 1. The van der Waals surface area contributed by atoms with Gasteiger partial charge in [-0.1, -0.05) is 42.5 Å². The SMILES string of the molecule is CC(C)(C)OC(=O)Nc1ccc(CC(=O)Nc2cccc(-c3n[nH]c(=O)c4ccccc34)c2)cc1. The molecule has 0 saturated heterocycles. The van der Waals surface area contributed by atoms with Gasteiger partial charge in [0.25, 0.3) is 5.56 Å². The number of hydrogen-bond donors (Lipinski definition) is 3. The molecule has 0 bridgehead atoms. The zero-order chi connectivity index (χ0) is 25.0. The van der Waals surface area contributed by atoms with Crippen LogP contribution in [0.4, 0.5) is 16.2 Å². The van der Waals surface area contributed by atoms with E-state index in [9.17, 15) is 14.4 Å². The van der Waals surface area contributed by atoms with E-state index < -0.39 is 11.7 Å². The number of benzene rings is 3. The lowest BCUT2D eigenvalue weighted by Gasteiger charge is -2.19. The highest BCUT2D eigenvalue weighted by Crippen LogP contribution is 2.26. The molecule has 4 rings (SSSR count). The zero-order valence-corrected chi connectivity index (χ0v) is 19.7. The van der Waals surface area contributed by atoms with Crippen LogP contribution in [0.25, 0.3) is 22.0 Å². The van der Waals surface area contributed by atoms with Crippen molar-refractivity contribution in [2.75, 3.05) is 10.6 Å². The molecule has 0 radical (unpaired) electrons. The van der Waals surface area contributed by atoms with Gasteiger partial charge >= 0.3 is 6.09 Å². The van der Waals surface area contributed by atoms with E-state index in [1.807, 2.05) is 30.3 Å². The molecule has 3 aromatic carbocycles. The lowest BCUT2D eigenvalue weighted by molar-refractivity contribution is -0.115. The minimum absolute atomic E-state index is 0.163. The highest BCUT2D eigenvalue weighted by atomic mass is 16.6. The first-order chi connectivity index (χ1) is 16.7. The van der Waals surface area contributed by atoms with Crippen molar-refractivity contribution in [1.29, 1.82) is 0 Å². The second-order valence-electron chi connectivity index (χ2n) is 9.08. The van der Waals surface area contributed by atoms with Crippen molar-refractivity contribution in [3.8, 4) is 11.3 Å². The van der Waals surface area contributed by atoms with Gasteiger partial charge in [0, 0.05) is 22.3 Å². The third-order valence-electron chi connectivity index (χ3n) is 5.08. The Morgan fingerprint density at radius 3 is 2.31 bits per heavy atom. The van der Waals surface area contributed by atoms with Crippen LogP contribution in [0.2, 0.25) is 0 Å². The first kappa shape index (κ1) is 23.7. The predicted molar refractivity (Wildman–Crippen MR) is 136 cm³/mol. The van der Waals surface area contributed by atoms with Crippen molar-refractivity contribution in [2.24, 2.45) is 0 Å². The van der Waals surface area contributed by atoms with Crippen LogP contribution in [-0.4, -0.2) is 27.8 Å². The summed E-state index contributed by atoms with van der Waals surface area (Å²) in [5.41, 5.74) is 2.56. The molecular formula is C27H26N4O4. The summed E-state index contributed by atoms with van der Waals surface area (Å²) in [6.07, 6.45) is -0.371. The van der Waals surface area contributed by atoms with Crippen LogP contribution in [0.15, 0.2) is 77.6 Å². The maximum atomic E-state index is 12.6. The molecule has 0 unspecified atom stereocenters. The van der Waals surface area contributed by atoms with E-state index in [1.54, 1.807) is 63.2 Å². The molecule has 35 heavy (non-hydrogen) atoms. The number of aromatic nitrogens is 2. The second-order valence-corrected chi connectivity index (χ2v) is 9.08. The molecule has 1 aromatic heterocycles. The number of anilines is 2. The Morgan fingerprint density at radius 2 is 1.60 bits per heavy atom. The van der Waals surface area contributed by atoms with Crippen LogP contribution >= 0.6 is 0 Å². The normalized spacial score (nSPS) is 11.2. The number of aromatic amines is 1.